The van der Waals surface area contributed by atoms with Crippen LogP contribution in [0.25, 0.3) is 0 Å². The monoisotopic (exact) mass is 390 g/mol. The van der Waals surface area contributed by atoms with Crippen molar-refractivity contribution in [1.82, 2.24) is 19.1 Å². The second-order valence-corrected chi connectivity index (χ2v) is 9.54. The van der Waals surface area contributed by atoms with E-state index in [4.69, 9.17) is 4.74 Å². The van der Waals surface area contributed by atoms with E-state index in [1.54, 1.807) is 42.0 Å². The molecular weight excluding hydrogens is 364 g/mol. The molecule has 2 aromatic rings. The molecule has 4 rings (SSSR count). The normalized spacial score (nSPS) is 21.3. The average molecular weight is 391 g/mol. The Labute approximate surface area is 160 Å². The summed E-state index contributed by atoms with van der Waals surface area (Å²) in [5.74, 6) is 2.56. The molecule has 0 N–H and O–H groups in total. The predicted molar refractivity (Wildman–Crippen MR) is 101 cm³/mol. The molecule has 8 heteroatoms. The molecule has 1 unspecified atom stereocenters. The summed E-state index contributed by atoms with van der Waals surface area (Å²) in [4.78, 5) is 0.291. The molecule has 2 fully saturated rings. The Balaban J connectivity index is 1.46. The van der Waals surface area contributed by atoms with Crippen molar-refractivity contribution >= 4 is 10.0 Å². The van der Waals surface area contributed by atoms with Crippen molar-refractivity contribution in [3.63, 3.8) is 0 Å². The van der Waals surface area contributed by atoms with Gasteiger partial charge in [-0.2, -0.15) is 4.31 Å². The minimum absolute atomic E-state index is 0.265. The molecule has 0 radical (unpaired) electrons. The van der Waals surface area contributed by atoms with Crippen LogP contribution < -0.4 is 4.74 Å². The first kappa shape index (κ1) is 18.4. The van der Waals surface area contributed by atoms with Gasteiger partial charge in [-0.1, -0.05) is 6.07 Å². The molecule has 1 aromatic carbocycles. The summed E-state index contributed by atoms with van der Waals surface area (Å²) in [6, 6.07) is 6.69. The third kappa shape index (κ3) is 4.16. The Bertz CT molecular complexity index is 892. The SMILES string of the molecule is COc1cccc(S(=O)(=O)N2CCCC(Cc3nncn3CC3CC3)C2)c1. The number of aromatic nitrogens is 3. The van der Waals surface area contributed by atoms with E-state index in [2.05, 4.69) is 14.8 Å². The van der Waals surface area contributed by atoms with Crippen molar-refractivity contribution in [2.45, 2.75) is 43.5 Å². The van der Waals surface area contributed by atoms with Crippen LogP contribution in [0.3, 0.4) is 0 Å². The van der Waals surface area contributed by atoms with Crippen molar-refractivity contribution in [1.29, 1.82) is 0 Å². The van der Waals surface area contributed by atoms with E-state index in [-0.39, 0.29) is 5.92 Å². The lowest BCUT2D eigenvalue weighted by atomic mass is 9.96. The maximum absolute atomic E-state index is 13.1. The Hall–Kier alpha value is -1.93. The van der Waals surface area contributed by atoms with Gasteiger partial charge in [-0.25, -0.2) is 8.42 Å². The van der Waals surface area contributed by atoms with Crippen LogP contribution in [0.5, 0.6) is 5.75 Å². The van der Waals surface area contributed by atoms with Gasteiger partial charge in [-0.3, -0.25) is 0 Å². The Morgan fingerprint density at radius 3 is 2.85 bits per heavy atom. The fraction of sp³-hybridized carbons (Fsp3) is 0.579. The number of rotatable bonds is 7. The van der Waals surface area contributed by atoms with Gasteiger partial charge in [0.25, 0.3) is 0 Å². The second kappa shape index (κ2) is 7.59. The zero-order valence-electron chi connectivity index (χ0n) is 15.6. The molecule has 0 bridgehead atoms. The number of hydrogen-bond acceptors (Lipinski definition) is 5. The molecular formula is C19H26N4O3S. The average Bonchev–Trinajstić information content (AvgIpc) is 3.41. The summed E-state index contributed by atoms with van der Waals surface area (Å²) in [6.45, 7) is 2.07. The highest BCUT2D eigenvalue weighted by atomic mass is 32.2. The van der Waals surface area contributed by atoms with Crippen molar-refractivity contribution < 1.29 is 13.2 Å². The number of piperidine rings is 1. The van der Waals surface area contributed by atoms with Crippen molar-refractivity contribution in [3.8, 4) is 5.75 Å². The van der Waals surface area contributed by atoms with E-state index in [1.807, 2.05) is 0 Å². The molecule has 1 aromatic heterocycles. The minimum Gasteiger partial charge on any atom is -0.497 e. The Morgan fingerprint density at radius 2 is 2.07 bits per heavy atom. The second-order valence-electron chi connectivity index (χ2n) is 7.60. The third-order valence-corrected chi connectivity index (χ3v) is 7.34. The van der Waals surface area contributed by atoms with Crippen molar-refractivity contribution in [2.75, 3.05) is 20.2 Å². The number of sulfonamides is 1. The fourth-order valence-corrected chi connectivity index (χ4v) is 5.34. The van der Waals surface area contributed by atoms with Crippen LogP contribution in [0, 0.1) is 11.8 Å². The summed E-state index contributed by atoms with van der Waals surface area (Å²) in [7, 11) is -1.97. The van der Waals surface area contributed by atoms with Gasteiger partial charge >= 0.3 is 0 Å². The summed E-state index contributed by atoms with van der Waals surface area (Å²) in [6.07, 6.45) is 7.03. The van der Waals surface area contributed by atoms with Gasteiger partial charge in [-0.15, -0.1) is 10.2 Å². The van der Waals surface area contributed by atoms with Crippen molar-refractivity contribution in [3.05, 3.63) is 36.4 Å². The first-order chi connectivity index (χ1) is 13.1. The van der Waals surface area contributed by atoms with Crippen LogP contribution in [0.4, 0.5) is 0 Å². The topological polar surface area (TPSA) is 77.3 Å². The first-order valence-electron chi connectivity index (χ1n) is 9.57. The van der Waals surface area contributed by atoms with E-state index in [0.29, 0.717) is 23.7 Å². The largest absolute Gasteiger partial charge is 0.497 e. The molecule has 0 spiro atoms. The Kier molecular flexibility index (Phi) is 5.19. The van der Waals surface area contributed by atoms with Gasteiger partial charge in [0.15, 0.2) is 0 Å². The van der Waals surface area contributed by atoms with Crippen LogP contribution in [-0.2, 0) is 23.0 Å². The summed E-state index contributed by atoms with van der Waals surface area (Å²) in [5, 5.41) is 8.36. The van der Waals surface area contributed by atoms with E-state index in [9.17, 15) is 8.42 Å². The zero-order chi connectivity index (χ0) is 18.9. The smallest absolute Gasteiger partial charge is 0.243 e. The highest BCUT2D eigenvalue weighted by molar-refractivity contribution is 7.89. The molecule has 2 aliphatic rings. The number of methoxy groups -OCH3 is 1. The van der Waals surface area contributed by atoms with Crippen LogP contribution in [0.1, 0.15) is 31.5 Å². The fourth-order valence-electron chi connectivity index (χ4n) is 3.75. The molecule has 1 saturated carbocycles. The lowest BCUT2D eigenvalue weighted by Gasteiger charge is -2.31. The highest BCUT2D eigenvalue weighted by Gasteiger charge is 2.31. The molecule has 2 heterocycles. The van der Waals surface area contributed by atoms with E-state index in [1.165, 1.54) is 12.8 Å². The lowest BCUT2D eigenvalue weighted by Crippen LogP contribution is -2.40. The third-order valence-electron chi connectivity index (χ3n) is 5.48. The molecule has 0 amide bonds. The predicted octanol–water partition coefficient (Wildman–Crippen LogP) is 2.34. The molecule has 1 atom stereocenters. The Morgan fingerprint density at radius 1 is 1.22 bits per heavy atom. The maximum Gasteiger partial charge on any atom is 0.243 e. The first-order valence-corrected chi connectivity index (χ1v) is 11.0. The highest BCUT2D eigenvalue weighted by Crippen LogP contribution is 2.31. The van der Waals surface area contributed by atoms with Gasteiger partial charge in [0.05, 0.1) is 12.0 Å². The molecule has 7 nitrogen and oxygen atoms in total. The molecule has 1 aliphatic heterocycles. The van der Waals surface area contributed by atoms with Gasteiger partial charge in [0, 0.05) is 32.1 Å². The summed E-state index contributed by atoms with van der Waals surface area (Å²) < 4.78 is 35.1. The quantitative estimate of drug-likeness (QED) is 0.725. The van der Waals surface area contributed by atoms with Gasteiger partial charge < -0.3 is 9.30 Å². The maximum atomic E-state index is 13.1. The molecule has 27 heavy (non-hydrogen) atoms. The summed E-state index contributed by atoms with van der Waals surface area (Å²) in [5.41, 5.74) is 0. The summed E-state index contributed by atoms with van der Waals surface area (Å²) >= 11 is 0. The lowest BCUT2D eigenvalue weighted by molar-refractivity contribution is 0.261. The molecule has 146 valence electrons. The van der Waals surface area contributed by atoms with E-state index < -0.39 is 10.0 Å². The van der Waals surface area contributed by atoms with Gasteiger partial charge in [0.2, 0.25) is 10.0 Å². The number of ether oxygens (including phenoxy) is 1. The number of nitrogens with zero attached hydrogens (tertiary/aromatic N) is 4. The van der Waals surface area contributed by atoms with Crippen LogP contribution in [0.15, 0.2) is 35.5 Å². The van der Waals surface area contributed by atoms with E-state index >= 15 is 0 Å². The number of benzene rings is 1. The zero-order valence-corrected chi connectivity index (χ0v) is 16.4. The molecule has 1 aliphatic carbocycles. The number of hydrogen-bond donors (Lipinski definition) is 0. The van der Waals surface area contributed by atoms with Gasteiger partial charge in [0.1, 0.15) is 17.9 Å². The minimum atomic E-state index is -3.52. The van der Waals surface area contributed by atoms with Crippen molar-refractivity contribution in [2.24, 2.45) is 11.8 Å². The standard InChI is InChI=1S/C19H26N4O3S/c1-26-17-5-2-6-18(11-17)27(24,25)23-9-3-4-16(13-23)10-19-21-20-14-22(19)12-15-7-8-15/h2,5-6,11,14-16H,3-4,7-10,12-13H2,1H3. The van der Waals surface area contributed by atoms with E-state index in [0.717, 1.165) is 37.5 Å². The van der Waals surface area contributed by atoms with Crippen LogP contribution >= 0.6 is 0 Å². The molecule has 1 saturated heterocycles. The van der Waals surface area contributed by atoms with Gasteiger partial charge in [-0.05, 0) is 49.7 Å². The van der Waals surface area contributed by atoms with Crippen LogP contribution in [0.2, 0.25) is 0 Å². The van der Waals surface area contributed by atoms with Crippen LogP contribution in [-0.4, -0.2) is 47.7 Å².